The molecule has 0 aliphatic heterocycles. The zero-order chi connectivity index (χ0) is 11.1. The third-order valence-corrected chi connectivity index (χ3v) is 2.18. The molecule has 0 fully saturated rings. The van der Waals surface area contributed by atoms with Gasteiger partial charge in [0, 0.05) is 26.7 Å². The molecule has 0 aromatic carbocycles. The summed E-state index contributed by atoms with van der Waals surface area (Å²) in [7, 11) is 1.65. The standard InChI is InChI=1S/C9H15ClN4O/c1-15-5-4-14(3-2-11)9-8(10)6-12-7-13-9/h6-7H,2-5,11H2,1H3. The number of methoxy groups -OCH3 is 1. The number of nitrogens with two attached hydrogens (primary N) is 1. The van der Waals surface area contributed by atoms with Crippen molar-refractivity contribution in [3.63, 3.8) is 0 Å². The van der Waals surface area contributed by atoms with E-state index >= 15 is 0 Å². The minimum atomic E-state index is 0.530. The summed E-state index contributed by atoms with van der Waals surface area (Å²) in [6.07, 6.45) is 3.04. The first-order valence-electron chi connectivity index (χ1n) is 4.69. The largest absolute Gasteiger partial charge is 0.383 e. The molecule has 0 radical (unpaired) electrons. The fraction of sp³-hybridized carbons (Fsp3) is 0.556. The molecule has 15 heavy (non-hydrogen) atoms. The van der Waals surface area contributed by atoms with Crippen molar-refractivity contribution in [1.82, 2.24) is 9.97 Å². The van der Waals surface area contributed by atoms with Crippen LogP contribution in [0.3, 0.4) is 0 Å². The minimum Gasteiger partial charge on any atom is -0.383 e. The number of aromatic nitrogens is 2. The fourth-order valence-electron chi connectivity index (χ4n) is 1.22. The van der Waals surface area contributed by atoms with Gasteiger partial charge in [-0.25, -0.2) is 9.97 Å². The first-order valence-corrected chi connectivity index (χ1v) is 5.07. The number of hydrogen-bond acceptors (Lipinski definition) is 5. The Morgan fingerprint density at radius 1 is 1.53 bits per heavy atom. The van der Waals surface area contributed by atoms with Crippen molar-refractivity contribution < 1.29 is 4.74 Å². The van der Waals surface area contributed by atoms with Gasteiger partial charge < -0.3 is 15.4 Å². The number of anilines is 1. The molecule has 0 saturated carbocycles. The van der Waals surface area contributed by atoms with Crippen molar-refractivity contribution in [3.05, 3.63) is 17.5 Å². The third kappa shape index (κ3) is 3.62. The average molecular weight is 231 g/mol. The van der Waals surface area contributed by atoms with Crippen LogP contribution in [0.4, 0.5) is 5.82 Å². The Bertz CT molecular complexity index is 297. The Kier molecular flexibility index (Phi) is 5.31. The summed E-state index contributed by atoms with van der Waals surface area (Å²) in [4.78, 5) is 9.94. The Morgan fingerprint density at radius 3 is 2.93 bits per heavy atom. The fourth-order valence-corrected chi connectivity index (χ4v) is 1.44. The quantitative estimate of drug-likeness (QED) is 0.773. The first kappa shape index (κ1) is 12.2. The van der Waals surface area contributed by atoms with Crippen molar-refractivity contribution in [3.8, 4) is 0 Å². The summed E-state index contributed by atoms with van der Waals surface area (Å²) >= 11 is 5.99. The second-order valence-corrected chi connectivity index (χ2v) is 3.37. The molecular formula is C9H15ClN4O. The first-order chi connectivity index (χ1) is 7.29. The van der Waals surface area contributed by atoms with Gasteiger partial charge >= 0.3 is 0 Å². The van der Waals surface area contributed by atoms with Crippen molar-refractivity contribution >= 4 is 17.4 Å². The van der Waals surface area contributed by atoms with E-state index in [4.69, 9.17) is 22.1 Å². The van der Waals surface area contributed by atoms with Gasteiger partial charge in [-0.1, -0.05) is 11.6 Å². The van der Waals surface area contributed by atoms with Crippen molar-refractivity contribution in [1.29, 1.82) is 0 Å². The van der Waals surface area contributed by atoms with Gasteiger partial charge in [-0.2, -0.15) is 0 Å². The van der Waals surface area contributed by atoms with Crippen LogP contribution in [0.15, 0.2) is 12.5 Å². The van der Waals surface area contributed by atoms with E-state index in [1.54, 1.807) is 13.3 Å². The van der Waals surface area contributed by atoms with E-state index in [0.717, 1.165) is 0 Å². The summed E-state index contributed by atoms with van der Waals surface area (Å²) in [6, 6.07) is 0. The smallest absolute Gasteiger partial charge is 0.150 e. The van der Waals surface area contributed by atoms with Gasteiger partial charge in [0.05, 0.1) is 12.8 Å². The van der Waals surface area contributed by atoms with Crippen LogP contribution < -0.4 is 10.6 Å². The molecule has 0 atom stereocenters. The van der Waals surface area contributed by atoms with Gasteiger partial charge in [0.2, 0.25) is 0 Å². The lowest BCUT2D eigenvalue weighted by atomic mass is 10.4. The molecular weight excluding hydrogens is 216 g/mol. The molecule has 1 aromatic heterocycles. The van der Waals surface area contributed by atoms with Crippen LogP contribution >= 0.6 is 11.6 Å². The Labute approximate surface area is 94.2 Å². The van der Waals surface area contributed by atoms with Gasteiger partial charge in [-0.15, -0.1) is 0 Å². The zero-order valence-corrected chi connectivity index (χ0v) is 9.44. The van der Waals surface area contributed by atoms with Gasteiger partial charge in [0.15, 0.2) is 5.82 Å². The monoisotopic (exact) mass is 230 g/mol. The summed E-state index contributed by atoms with van der Waals surface area (Å²) < 4.78 is 5.01. The molecule has 0 bridgehead atoms. The van der Waals surface area contributed by atoms with Crippen LogP contribution in [0.5, 0.6) is 0 Å². The topological polar surface area (TPSA) is 64.3 Å². The summed E-state index contributed by atoms with van der Waals surface area (Å²) in [5, 5.41) is 0.530. The highest BCUT2D eigenvalue weighted by Gasteiger charge is 2.10. The molecule has 0 unspecified atom stereocenters. The molecule has 5 nitrogen and oxygen atoms in total. The van der Waals surface area contributed by atoms with E-state index in [-0.39, 0.29) is 0 Å². The van der Waals surface area contributed by atoms with Crippen LogP contribution in [0.1, 0.15) is 0 Å². The maximum Gasteiger partial charge on any atom is 0.150 e. The maximum absolute atomic E-state index is 5.99. The van der Waals surface area contributed by atoms with Crippen LogP contribution in [0.25, 0.3) is 0 Å². The number of hydrogen-bond donors (Lipinski definition) is 1. The summed E-state index contributed by atoms with van der Waals surface area (Å²) in [6.45, 7) is 2.56. The van der Waals surface area contributed by atoms with Crippen LogP contribution in [0, 0.1) is 0 Å². The number of nitrogens with zero attached hydrogens (tertiary/aromatic N) is 3. The lowest BCUT2D eigenvalue weighted by Crippen LogP contribution is -2.33. The van der Waals surface area contributed by atoms with Gasteiger partial charge in [-0.3, -0.25) is 0 Å². The molecule has 0 saturated heterocycles. The van der Waals surface area contributed by atoms with Gasteiger partial charge in [0.1, 0.15) is 11.3 Å². The predicted octanol–water partition coefficient (Wildman–Crippen LogP) is 0.542. The molecule has 1 aromatic rings. The molecule has 84 valence electrons. The lowest BCUT2D eigenvalue weighted by Gasteiger charge is -2.23. The number of halogens is 1. The van der Waals surface area contributed by atoms with E-state index < -0.39 is 0 Å². The maximum atomic E-state index is 5.99. The van der Waals surface area contributed by atoms with Crippen LogP contribution in [-0.2, 0) is 4.74 Å². The molecule has 1 rings (SSSR count). The van der Waals surface area contributed by atoms with Crippen molar-refractivity contribution in [2.24, 2.45) is 5.73 Å². The second kappa shape index (κ2) is 6.55. The molecule has 1 heterocycles. The highest BCUT2D eigenvalue weighted by molar-refractivity contribution is 6.32. The van der Waals surface area contributed by atoms with E-state index in [9.17, 15) is 0 Å². The Morgan fingerprint density at radius 2 is 2.33 bits per heavy atom. The van der Waals surface area contributed by atoms with E-state index in [2.05, 4.69) is 9.97 Å². The van der Waals surface area contributed by atoms with Crippen LogP contribution in [0.2, 0.25) is 5.02 Å². The molecule has 6 heteroatoms. The molecule has 0 aliphatic carbocycles. The predicted molar refractivity (Wildman–Crippen MR) is 60.2 cm³/mol. The van der Waals surface area contributed by atoms with Gasteiger partial charge in [0.25, 0.3) is 0 Å². The Balaban J connectivity index is 2.74. The number of rotatable bonds is 6. The lowest BCUT2D eigenvalue weighted by molar-refractivity contribution is 0.205. The minimum absolute atomic E-state index is 0.530. The summed E-state index contributed by atoms with van der Waals surface area (Å²) in [5.74, 6) is 0.703. The SMILES string of the molecule is COCCN(CCN)c1ncncc1Cl. The number of ether oxygens (including phenoxy) is 1. The van der Waals surface area contributed by atoms with Crippen molar-refractivity contribution in [2.75, 3.05) is 38.3 Å². The molecule has 0 aliphatic rings. The van der Waals surface area contributed by atoms with Gasteiger partial charge in [-0.05, 0) is 0 Å². The average Bonchev–Trinajstić information content (AvgIpc) is 2.25. The summed E-state index contributed by atoms with van der Waals surface area (Å²) in [5.41, 5.74) is 5.52. The van der Waals surface area contributed by atoms with E-state index in [1.165, 1.54) is 6.33 Å². The van der Waals surface area contributed by atoms with Crippen LogP contribution in [-0.4, -0.2) is 43.3 Å². The highest BCUT2D eigenvalue weighted by atomic mass is 35.5. The molecule has 2 N–H and O–H groups in total. The second-order valence-electron chi connectivity index (χ2n) is 2.96. The van der Waals surface area contributed by atoms with E-state index in [0.29, 0.717) is 37.1 Å². The zero-order valence-electron chi connectivity index (χ0n) is 8.69. The molecule has 0 amide bonds. The van der Waals surface area contributed by atoms with E-state index in [1.807, 2.05) is 4.90 Å². The molecule has 0 spiro atoms. The normalized spacial score (nSPS) is 10.3. The Hall–Kier alpha value is -0.910. The third-order valence-electron chi connectivity index (χ3n) is 1.91. The highest BCUT2D eigenvalue weighted by Crippen LogP contribution is 2.20. The van der Waals surface area contributed by atoms with Crippen molar-refractivity contribution in [2.45, 2.75) is 0 Å².